The molecule has 5 amide bonds. The van der Waals surface area contributed by atoms with Crippen molar-refractivity contribution in [1.82, 2.24) is 35.1 Å². The standard InChI is InChI=1S/C45H59N7O9S2/c1-25(2)35-24-62-41(47-35)34-19-38(32-16-17-37(59-6)28(5)39(32)46-34)61-30-18-36-40(53)49-45(43(55)50-63(57,58)31-14-15-31)20-29(45)12-10-8-7-9-11-13-33(42(54)52(36)23-30)48-44(56)51-21-26(3)60-27(4)22-51/h10,12,16-17,19,24-27,29-31,33,36H,7-9,11,13-15,18,20-23H2,1-6H3,(H,48,56)(H,49,53)(H,50,55)/b12-10-/t26-,27+,29?,30-,33+,36+,45-/m1/s1. The lowest BCUT2D eigenvalue weighted by atomic mass is 10.0. The van der Waals surface area contributed by atoms with Crippen molar-refractivity contribution >= 4 is 56.0 Å². The zero-order chi connectivity index (χ0) is 44.8. The molecule has 3 aromatic rings. The number of nitrogens with one attached hydrogen (secondary N) is 3. The van der Waals surface area contributed by atoms with Gasteiger partial charge in [0.1, 0.15) is 45.9 Å². The highest BCUT2D eigenvalue weighted by molar-refractivity contribution is 7.91. The number of sulfonamides is 1. The van der Waals surface area contributed by atoms with E-state index in [0.717, 1.165) is 24.1 Å². The van der Waals surface area contributed by atoms with E-state index in [1.54, 1.807) is 12.0 Å². The van der Waals surface area contributed by atoms with Gasteiger partial charge in [0.2, 0.25) is 21.8 Å². The van der Waals surface area contributed by atoms with Gasteiger partial charge in [0, 0.05) is 47.8 Å². The quantitative estimate of drug-likeness (QED) is 0.235. The predicted molar refractivity (Wildman–Crippen MR) is 238 cm³/mol. The van der Waals surface area contributed by atoms with E-state index in [1.165, 1.54) is 16.2 Å². The van der Waals surface area contributed by atoms with Gasteiger partial charge in [-0.1, -0.05) is 38.8 Å². The molecule has 2 aromatic heterocycles. The van der Waals surface area contributed by atoms with E-state index in [9.17, 15) is 27.6 Å². The van der Waals surface area contributed by atoms with Gasteiger partial charge in [-0.3, -0.25) is 19.1 Å². The first-order chi connectivity index (χ1) is 30.1. The van der Waals surface area contributed by atoms with Gasteiger partial charge >= 0.3 is 6.03 Å². The summed E-state index contributed by atoms with van der Waals surface area (Å²) in [4.78, 5) is 70.6. The van der Waals surface area contributed by atoms with E-state index in [1.807, 2.05) is 56.5 Å². The van der Waals surface area contributed by atoms with E-state index in [2.05, 4.69) is 29.2 Å². The lowest BCUT2D eigenvalue weighted by molar-refractivity contribution is -0.141. The third-order valence-corrected chi connectivity index (χ3v) is 15.5. The van der Waals surface area contributed by atoms with Gasteiger partial charge < -0.3 is 34.6 Å². The Morgan fingerprint density at radius 3 is 2.49 bits per heavy atom. The summed E-state index contributed by atoms with van der Waals surface area (Å²) < 4.78 is 46.7. The number of rotatable bonds is 9. The number of benzene rings is 1. The van der Waals surface area contributed by atoms with Crippen molar-refractivity contribution in [2.75, 3.05) is 26.7 Å². The van der Waals surface area contributed by atoms with Crippen LogP contribution in [0.15, 0.2) is 35.7 Å². The van der Waals surface area contributed by atoms with Crippen LogP contribution in [0, 0.1) is 12.8 Å². The number of methoxy groups -OCH3 is 1. The zero-order valence-electron chi connectivity index (χ0n) is 36.8. The number of morpholine rings is 1. The number of ether oxygens (including phenoxy) is 3. The molecule has 4 fully saturated rings. The molecule has 0 bridgehead atoms. The molecule has 3 aliphatic heterocycles. The SMILES string of the molecule is COc1ccc2c(O[C@@H]3C[C@H]4C(=O)N[C@]5(C(=O)NS(=O)(=O)C6CC6)CC5/C=C\CCCCC[C@H](NC(=O)N5C[C@@H](C)O[C@@H](C)C5)C(=O)N4C3)cc(-c3nc(C(C)C)cs3)nc2c1C. The molecule has 18 heteroatoms. The number of hydrogen-bond donors (Lipinski definition) is 3. The number of carbonyl (C=O) groups excluding carboxylic acids is 4. The summed E-state index contributed by atoms with van der Waals surface area (Å²) >= 11 is 1.48. The molecule has 8 rings (SSSR count). The normalized spacial score (nSPS) is 28.6. The zero-order valence-corrected chi connectivity index (χ0v) is 38.5. The predicted octanol–water partition coefficient (Wildman–Crippen LogP) is 5.34. The molecule has 5 aliphatic rings. The lowest BCUT2D eigenvalue weighted by Crippen LogP contribution is -2.59. The Bertz CT molecular complexity index is 2390. The Labute approximate surface area is 372 Å². The molecule has 3 N–H and O–H groups in total. The number of hydrogen-bond acceptors (Lipinski definition) is 12. The first-order valence-corrected chi connectivity index (χ1v) is 24.7. The number of aryl methyl sites for hydroxylation is 1. The van der Waals surface area contributed by atoms with Crippen molar-refractivity contribution in [3.8, 4) is 22.2 Å². The summed E-state index contributed by atoms with van der Waals surface area (Å²) in [5.74, 6) is -0.920. The van der Waals surface area contributed by atoms with Crippen LogP contribution in [0.5, 0.6) is 11.5 Å². The fraction of sp³-hybridized carbons (Fsp3) is 0.600. The second kappa shape index (κ2) is 18.0. The highest BCUT2D eigenvalue weighted by Crippen LogP contribution is 2.46. The van der Waals surface area contributed by atoms with Crippen molar-refractivity contribution in [2.45, 2.75) is 140 Å². The first kappa shape index (κ1) is 44.8. The number of urea groups is 1. The third-order valence-electron chi connectivity index (χ3n) is 12.8. The van der Waals surface area contributed by atoms with Gasteiger partial charge in [0.15, 0.2) is 0 Å². The number of fused-ring (bicyclic) bond motifs is 3. The fourth-order valence-corrected chi connectivity index (χ4v) is 11.4. The van der Waals surface area contributed by atoms with Gasteiger partial charge in [-0.05, 0) is 77.3 Å². The minimum Gasteiger partial charge on any atom is -0.496 e. The summed E-state index contributed by atoms with van der Waals surface area (Å²) in [5.41, 5.74) is 1.48. The van der Waals surface area contributed by atoms with Gasteiger partial charge in [-0.15, -0.1) is 11.3 Å². The van der Waals surface area contributed by atoms with E-state index in [0.29, 0.717) is 78.3 Å². The average molecular weight is 906 g/mol. The molecule has 340 valence electrons. The molecule has 1 aromatic carbocycles. The summed E-state index contributed by atoms with van der Waals surface area (Å²) in [5, 5.41) is 8.77. The maximum atomic E-state index is 15.0. The Balaban J connectivity index is 1.14. The summed E-state index contributed by atoms with van der Waals surface area (Å²) in [6.45, 7) is 10.6. The van der Waals surface area contributed by atoms with Crippen LogP contribution in [0.2, 0.25) is 0 Å². The van der Waals surface area contributed by atoms with Crippen LogP contribution in [0.3, 0.4) is 0 Å². The largest absolute Gasteiger partial charge is 0.496 e. The molecule has 1 unspecified atom stereocenters. The third kappa shape index (κ3) is 9.53. The lowest BCUT2D eigenvalue weighted by Gasteiger charge is -2.36. The Kier molecular flexibility index (Phi) is 12.8. The number of pyridine rings is 1. The van der Waals surface area contributed by atoms with Crippen LogP contribution in [0.4, 0.5) is 4.79 Å². The number of allylic oxidation sites excluding steroid dienone is 1. The molecule has 0 radical (unpaired) electrons. The van der Waals surface area contributed by atoms with Gasteiger partial charge in [-0.25, -0.2) is 23.2 Å². The topological polar surface area (TPSA) is 198 Å². The minimum atomic E-state index is -3.92. The summed E-state index contributed by atoms with van der Waals surface area (Å²) in [6.07, 6.45) is 7.25. The Morgan fingerprint density at radius 1 is 1.03 bits per heavy atom. The van der Waals surface area contributed by atoms with Gasteiger partial charge in [0.05, 0.1) is 42.3 Å². The average Bonchev–Trinajstić information content (AvgIpc) is 4.11. The molecule has 63 heavy (non-hydrogen) atoms. The second-order valence-corrected chi connectivity index (χ2v) is 21.0. The highest BCUT2D eigenvalue weighted by Gasteiger charge is 2.62. The van der Waals surface area contributed by atoms with Crippen molar-refractivity contribution in [3.63, 3.8) is 0 Å². The Morgan fingerprint density at radius 2 is 1.79 bits per heavy atom. The molecule has 5 heterocycles. The maximum absolute atomic E-state index is 15.0. The number of carbonyl (C=O) groups is 4. The molecule has 2 saturated heterocycles. The molecule has 16 nitrogen and oxygen atoms in total. The van der Waals surface area contributed by atoms with E-state index in [-0.39, 0.29) is 43.5 Å². The van der Waals surface area contributed by atoms with Crippen LogP contribution in [0.1, 0.15) is 103 Å². The van der Waals surface area contributed by atoms with E-state index in [4.69, 9.17) is 24.2 Å². The monoisotopic (exact) mass is 905 g/mol. The molecule has 7 atom stereocenters. The van der Waals surface area contributed by atoms with Crippen LogP contribution in [0.25, 0.3) is 21.6 Å². The van der Waals surface area contributed by atoms with Gasteiger partial charge in [0.25, 0.3) is 5.91 Å². The van der Waals surface area contributed by atoms with Gasteiger partial charge in [-0.2, -0.15) is 0 Å². The first-order valence-electron chi connectivity index (χ1n) is 22.2. The second-order valence-electron chi connectivity index (χ2n) is 18.2. The van der Waals surface area contributed by atoms with E-state index < -0.39 is 62.6 Å². The maximum Gasteiger partial charge on any atom is 0.318 e. The minimum absolute atomic E-state index is 0.00344. The van der Waals surface area contributed by atoms with Crippen molar-refractivity contribution in [3.05, 3.63) is 47.0 Å². The fourth-order valence-electron chi connectivity index (χ4n) is 9.09. The molecule has 0 spiro atoms. The number of aromatic nitrogens is 2. The highest BCUT2D eigenvalue weighted by atomic mass is 32.2. The number of amides is 5. The molecule has 2 aliphatic carbocycles. The van der Waals surface area contributed by atoms with Crippen molar-refractivity contribution in [2.24, 2.45) is 5.92 Å². The molecular weight excluding hydrogens is 847 g/mol. The number of thiazole rings is 1. The number of nitrogens with zero attached hydrogens (tertiary/aromatic N) is 4. The van der Waals surface area contributed by atoms with Crippen LogP contribution < -0.4 is 24.8 Å². The van der Waals surface area contributed by atoms with Crippen LogP contribution in [-0.2, 0) is 29.1 Å². The van der Waals surface area contributed by atoms with E-state index >= 15 is 0 Å². The van der Waals surface area contributed by atoms with Crippen molar-refractivity contribution < 1.29 is 41.8 Å². The summed E-state index contributed by atoms with van der Waals surface area (Å²) in [7, 11) is -2.31. The smallest absolute Gasteiger partial charge is 0.318 e. The Hall–Kier alpha value is -4.81. The van der Waals surface area contributed by atoms with Crippen molar-refractivity contribution in [1.29, 1.82) is 0 Å². The summed E-state index contributed by atoms with van der Waals surface area (Å²) in [6, 6.07) is 3.09. The van der Waals surface area contributed by atoms with Crippen LogP contribution in [-0.4, -0.2) is 120 Å². The van der Waals surface area contributed by atoms with Crippen LogP contribution >= 0.6 is 11.3 Å². The molecule has 2 saturated carbocycles. The molecular formula is C45H59N7O9S2.